The second kappa shape index (κ2) is 9.87. The first kappa shape index (κ1) is 24.8. The zero-order valence-electron chi connectivity index (χ0n) is 20.2. The highest BCUT2D eigenvalue weighted by atomic mass is 19.1. The molecule has 0 aliphatic carbocycles. The Morgan fingerprint density at radius 1 is 1.22 bits per heavy atom. The van der Waals surface area contributed by atoms with Crippen molar-refractivity contribution < 1.29 is 23.5 Å². The van der Waals surface area contributed by atoms with Crippen molar-refractivity contribution in [3.05, 3.63) is 23.8 Å². The molecule has 196 valence electrons. The fourth-order valence-electron chi connectivity index (χ4n) is 5.67. The SMILES string of the molecule is CCN1CC(F)C(N2CCC(C(=O)N3CC(O)C3)CC2)C(NC(=O)c2c(N)nn3cc(F)cnc23)C1. The fourth-order valence-corrected chi connectivity index (χ4v) is 5.67. The summed E-state index contributed by atoms with van der Waals surface area (Å²) in [6.07, 6.45) is 1.63. The van der Waals surface area contributed by atoms with Crippen molar-refractivity contribution in [2.75, 3.05) is 51.5 Å². The summed E-state index contributed by atoms with van der Waals surface area (Å²) in [6, 6.07) is -1.10. The molecule has 13 heteroatoms. The van der Waals surface area contributed by atoms with Gasteiger partial charge < -0.3 is 21.1 Å². The lowest BCUT2D eigenvalue weighted by molar-refractivity contribution is -0.147. The second-order valence-corrected chi connectivity index (χ2v) is 9.95. The van der Waals surface area contributed by atoms with Crippen LogP contribution in [0.5, 0.6) is 0 Å². The minimum atomic E-state index is -1.20. The van der Waals surface area contributed by atoms with Crippen LogP contribution in [0.25, 0.3) is 5.65 Å². The quantitative estimate of drug-likeness (QED) is 0.495. The van der Waals surface area contributed by atoms with E-state index in [-0.39, 0.29) is 35.4 Å². The standard InChI is InChI=1S/C23H32F2N8O3/c1-2-30-11-16(25)19(31-5-3-13(4-6-31)23(36)32-9-15(34)10-32)17(12-30)28-22(35)18-20(26)29-33-8-14(24)7-27-21(18)33/h7-8,13,15-17,19,34H,2-6,9-12H2,1H3,(H2,26,29)(H,28,35). The van der Waals surface area contributed by atoms with E-state index >= 15 is 4.39 Å². The summed E-state index contributed by atoms with van der Waals surface area (Å²) in [5, 5.41) is 16.4. The molecule has 5 heterocycles. The lowest BCUT2D eigenvalue weighted by Crippen LogP contribution is -2.66. The predicted octanol–water partition coefficient (Wildman–Crippen LogP) is -0.494. The van der Waals surface area contributed by atoms with Crippen LogP contribution in [-0.4, -0.2) is 116 Å². The van der Waals surface area contributed by atoms with Gasteiger partial charge in [0, 0.05) is 32.1 Å². The van der Waals surface area contributed by atoms with E-state index in [1.54, 1.807) is 4.90 Å². The molecule has 3 atom stereocenters. The average molecular weight is 507 g/mol. The number of carbonyl (C=O) groups excluding carboxylic acids is 2. The predicted molar refractivity (Wildman–Crippen MR) is 126 cm³/mol. The highest BCUT2D eigenvalue weighted by molar-refractivity contribution is 6.04. The van der Waals surface area contributed by atoms with Crippen LogP contribution >= 0.6 is 0 Å². The van der Waals surface area contributed by atoms with Gasteiger partial charge in [-0.1, -0.05) is 6.92 Å². The number of likely N-dealkylation sites (tertiary alicyclic amines) is 3. The van der Waals surface area contributed by atoms with Gasteiger partial charge in [0.2, 0.25) is 5.91 Å². The number of nitrogens with two attached hydrogens (primary N) is 1. The van der Waals surface area contributed by atoms with Crippen LogP contribution in [-0.2, 0) is 4.79 Å². The summed E-state index contributed by atoms with van der Waals surface area (Å²) in [7, 11) is 0. The topological polar surface area (TPSA) is 132 Å². The van der Waals surface area contributed by atoms with Gasteiger partial charge in [0.05, 0.1) is 30.6 Å². The second-order valence-electron chi connectivity index (χ2n) is 9.95. The number of aliphatic hydroxyl groups excluding tert-OH is 1. The number of carbonyl (C=O) groups is 2. The van der Waals surface area contributed by atoms with Gasteiger partial charge in [0.15, 0.2) is 17.3 Å². The minimum absolute atomic E-state index is 0.0267. The van der Waals surface area contributed by atoms with Crippen LogP contribution in [0.15, 0.2) is 12.4 Å². The first-order chi connectivity index (χ1) is 17.2. The number of fused-ring (bicyclic) bond motifs is 1. The van der Waals surface area contributed by atoms with Crippen molar-refractivity contribution in [3.8, 4) is 0 Å². The Morgan fingerprint density at radius 3 is 2.61 bits per heavy atom. The molecule has 2 aromatic rings. The molecule has 0 spiro atoms. The number of nitrogen functional groups attached to an aromatic ring is 1. The Labute approximate surface area is 207 Å². The first-order valence-corrected chi connectivity index (χ1v) is 12.4. The number of nitrogens with zero attached hydrogens (tertiary/aromatic N) is 6. The number of anilines is 1. The number of likely N-dealkylation sites (N-methyl/N-ethyl adjacent to an activating group) is 1. The number of nitrogens with one attached hydrogen (secondary N) is 1. The van der Waals surface area contributed by atoms with E-state index in [9.17, 15) is 19.1 Å². The van der Waals surface area contributed by atoms with Gasteiger partial charge >= 0.3 is 0 Å². The molecule has 3 saturated heterocycles. The maximum atomic E-state index is 15.5. The summed E-state index contributed by atoms with van der Waals surface area (Å²) in [5.41, 5.74) is 6.11. The molecule has 0 saturated carbocycles. The number of aliphatic hydroxyl groups is 1. The third kappa shape index (κ3) is 4.62. The van der Waals surface area contributed by atoms with Crippen molar-refractivity contribution in [2.24, 2.45) is 5.92 Å². The van der Waals surface area contributed by atoms with Gasteiger partial charge in [-0.3, -0.25) is 19.4 Å². The summed E-state index contributed by atoms with van der Waals surface area (Å²) in [5.74, 6) is -1.33. The number of hydrogen-bond donors (Lipinski definition) is 3. The average Bonchev–Trinajstić information content (AvgIpc) is 3.16. The molecule has 3 fully saturated rings. The number of hydrogen-bond acceptors (Lipinski definition) is 8. The minimum Gasteiger partial charge on any atom is -0.389 e. The van der Waals surface area contributed by atoms with Gasteiger partial charge in [-0.25, -0.2) is 18.3 Å². The van der Waals surface area contributed by atoms with E-state index in [0.29, 0.717) is 52.1 Å². The van der Waals surface area contributed by atoms with Gasteiger partial charge in [-0.15, -0.1) is 5.10 Å². The molecule has 0 radical (unpaired) electrons. The fraction of sp³-hybridized carbons (Fsp3) is 0.652. The third-order valence-electron chi connectivity index (χ3n) is 7.60. The van der Waals surface area contributed by atoms with Crippen LogP contribution in [0.1, 0.15) is 30.1 Å². The largest absolute Gasteiger partial charge is 0.389 e. The Kier molecular flexibility index (Phi) is 6.79. The molecule has 0 bridgehead atoms. The Bertz CT molecular complexity index is 1130. The van der Waals surface area contributed by atoms with Crippen LogP contribution in [0.3, 0.4) is 0 Å². The summed E-state index contributed by atoms with van der Waals surface area (Å²) >= 11 is 0. The molecular formula is C23H32F2N8O3. The van der Waals surface area contributed by atoms with Crippen molar-refractivity contribution in [2.45, 2.75) is 44.1 Å². The summed E-state index contributed by atoms with van der Waals surface area (Å²) in [4.78, 5) is 35.6. The third-order valence-corrected chi connectivity index (χ3v) is 7.60. The Hall–Kier alpha value is -2.90. The van der Waals surface area contributed by atoms with Crippen LogP contribution < -0.4 is 11.1 Å². The van der Waals surface area contributed by atoms with E-state index in [1.807, 2.05) is 16.7 Å². The number of piperidine rings is 2. The molecule has 3 aliphatic heterocycles. The molecule has 3 aliphatic rings. The zero-order chi connectivity index (χ0) is 25.6. The van der Waals surface area contributed by atoms with Crippen molar-refractivity contribution in [1.29, 1.82) is 0 Å². The Balaban J connectivity index is 1.31. The number of β-amino-alcohol motifs (C(OH)–C–C–N with tert-alkyl or cyclic N) is 1. The number of aromatic nitrogens is 3. The normalized spacial score (nSPS) is 26.8. The highest BCUT2D eigenvalue weighted by Gasteiger charge is 2.44. The lowest BCUT2D eigenvalue weighted by Gasteiger charge is -2.48. The monoisotopic (exact) mass is 506 g/mol. The maximum absolute atomic E-state index is 15.5. The molecule has 4 N–H and O–H groups in total. The van der Waals surface area contributed by atoms with Crippen LogP contribution in [0.2, 0.25) is 0 Å². The molecular weight excluding hydrogens is 474 g/mol. The van der Waals surface area contributed by atoms with E-state index in [4.69, 9.17) is 5.73 Å². The summed E-state index contributed by atoms with van der Waals surface area (Å²) < 4.78 is 30.2. The number of halogens is 2. The van der Waals surface area contributed by atoms with E-state index in [2.05, 4.69) is 15.4 Å². The molecule has 2 amide bonds. The van der Waals surface area contributed by atoms with Gasteiger partial charge in [0.1, 0.15) is 11.7 Å². The number of rotatable bonds is 5. The van der Waals surface area contributed by atoms with Crippen molar-refractivity contribution in [1.82, 2.24) is 34.6 Å². The van der Waals surface area contributed by atoms with E-state index in [1.165, 1.54) is 0 Å². The molecule has 3 unspecified atom stereocenters. The molecule has 11 nitrogen and oxygen atoms in total. The Morgan fingerprint density at radius 2 is 1.94 bits per heavy atom. The summed E-state index contributed by atoms with van der Waals surface area (Å²) in [6.45, 7) is 5.13. The number of alkyl halides is 1. The zero-order valence-corrected chi connectivity index (χ0v) is 20.2. The van der Waals surface area contributed by atoms with Crippen LogP contribution in [0.4, 0.5) is 14.6 Å². The first-order valence-electron chi connectivity index (χ1n) is 12.4. The number of amides is 2. The van der Waals surface area contributed by atoms with E-state index < -0.39 is 36.1 Å². The van der Waals surface area contributed by atoms with Gasteiger partial charge in [-0.2, -0.15) is 0 Å². The smallest absolute Gasteiger partial charge is 0.259 e. The van der Waals surface area contributed by atoms with Gasteiger partial charge in [0.25, 0.3) is 5.91 Å². The van der Waals surface area contributed by atoms with Crippen molar-refractivity contribution >= 4 is 23.3 Å². The van der Waals surface area contributed by atoms with Crippen LogP contribution in [0, 0.1) is 11.7 Å². The highest BCUT2D eigenvalue weighted by Crippen LogP contribution is 2.28. The molecule has 5 rings (SSSR count). The van der Waals surface area contributed by atoms with E-state index in [0.717, 1.165) is 16.9 Å². The van der Waals surface area contributed by atoms with Gasteiger partial charge in [-0.05, 0) is 32.5 Å². The molecule has 0 aromatic carbocycles. The van der Waals surface area contributed by atoms with Crippen molar-refractivity contribution in [3.63, 3.8) is 0 Å². The molecule has 2 aromatic heterocycles. The maximum Gasteiger partial charge on any atom is 0.259 e. The molecule has 36 heavy (non-hydrogen) atoms. The lowest BCUT2D eigenvalue weighted by atomic mass is 9.89.